The van der Waals surface area contributed by atoms with Gasteiger partial charge in [0.1, 0.15) is 22.3 Å². The topological polar surface area (TPSA) is 60.4 Å². The zero-order valence-electron chi connectivity index (χ0n) is 22.1. The predicted molar refractivity (Wildman–Crippen MR) is 166 cm³/mol. The number of hydrogen-bond acceptors (Lipinski definition) is 4. The molecule has 0 saturated carbocycles. The SMILES string of the molecule is O=C1c2cc(-c3ccc4c(c3)oc3ccccc34)ccc2S(=O)c2ccc(-c3ccc4c(c3)oc3ccccc34)cc21. The first-order chi connectivity index (χ1) is 20.6. The van der Waals surface area contributed by atoms with Gasteiger partial charge in [0.25, 0.3) is 0 Å². The van der Waals surface area contributed by atoms with Gasteiger partial charge in [-0.1, -0.05) is 60.7 Å². The van der Waals surface area contributed by atoms with Crippen LogP contribution in [0.4, 0.5) is 0 Å². The van der Waals surface area contributed by atoms with Gasteiger partial charge in [0.2, 0.25) is 0 Å². The summed E-state index contributed by atoms with van der Waals surface area (Å²) in [7, 11) is -1.46. The van der Waals surface area contributed by atoms with Crippen LogP contribution in [0.25, 0.3) is 66.1 Å². The zero-order chi connectivity index (χ0) is 27.9. The quantitative estimate of drug-likeness (QED) is 0.211. The molecular weight excluding hydrogens is 540 g/mol. The van der Waals surface area contributed by atoms with E-state index in [0.29, 0.717) is 20.9 Å². The van der Waals surface area contributed by atoms with Gasteiger partial charge >= 0.3 is 0 Å². The number of furan rings is 2. The first kappa shape index (κ1) is 23.4. The van der Waals surface area contributed by atoms with E-state index >= 15 is 0 Å². The van der Waals surface area contributed by atoms with E-state index in [-0.39, 0.29) is 5.78 Å². The Morgan fingerprint density at radius 2 is 0.833 bits per heavy atom. The number of fused-ring (bicyclic) bond motifs is 8. The molecule has 5 heteroatoms. The normalized spacial score (nSPS) is 13.3. The highest BCUT2D eigenvalue weighted by molar-refractivity contribution is 7.85. The summed E-state index contributed by atoms with van der Waals surface area (Å²) in [6.45, 7) is 0. The van der Waals surface area contributed by atoms with Gasteiger partial charge in [0.05, 0.1) is 20.6 Å². The fraction of sp³-hybridized carbons (Fsp3) is 0. The number of rotatable bonds is 2. The average Bonchev–Trinajstić information content (AvgIpc) is 3.60. The maximum Gasteiger partial charge on any atom is 0.195 e. The van der Waals surface area contributed by atoms with E-state index < -0.39 is 10.8 Å². The minimum absolute atomic E-state index is 0.127. The Hall–Kier alpha value is -5.26. The summed E-state index contributed by atoms with van der Waals surface area (Å²) in [6, 6.07) is 39.3. The lowest BCUT2D eigenvalue weighted by Crippen LogP contribution is -2.16. The number of benzene rings is 6. The predicted octanol–water partition coefficient (Wildman–Crippen LogP) is 9.53. The minimum Gasteiger partial charge on any atom is -0.456 e. The van der Waals surface area contributed by atoms with E-state index in [0.717, 1.165) is 66.1 Å². The number of carbonyl (C=O) groups excluding carboxylic acids is 1. The molecular formula is C37H20O4S. The van der Waals surface area contributed by atoms with Gasteiger partial charge in [-0.05, 0) is 82.9 Å². The van der Waals surface area contributed by atoms with Crippen molar-refractivity contribution in [2.45, 2.75) is 9.79 Å². The van der Waals surface area contributed by atoms with Gasteiger partial charge in [-0.2, -0.15) is 0 Å². The molecule has 2 aromatic heterocycles. The Morgan fingerprint density at radius 1 is 0.429 bits per heavy atom. The van der Waals surface area contributed by atoms with E-state index in [9.17, 15) is 9.00 Å². The maximum atomic E-state index is 13.9. The lowest BCUT2D eigenvalue weighted by Gasteiger charge is -2.19. The highest BCUT2D eigenvalue weighted by atomic mass is 32.2. The summed E-state index contributed by atoms with van der Waals surface area (Å²) >= 11 is 0. The standard InChI is InChI=1S/C37H20O4S/c38-37-29-17-21(23-9-13-27-25-5-1-3-7-31(25)40-33(27)19-23)11-15-35(29)42(39)36-16-12-22(18-30(36)37)24-10-14-28-26-6-2-4-8-32(26)41-34(28)20-24/h1-20H. The van der Waals surface area contributed by atoms with E-state index in [1.54, 1.807) is 0 Å². The molecule has 3 heterocycles. The van der Waals surface area contributed by atoms with Crippen molar-refractivity contribution in [1.82, 2.24) is 0 Å². The summed E-state index contributed by atoms with van der Waals surface area (Å²) in [4.78, 5) is 15.0. The van der Waals surface area contributed by atoms with Gasteiger partial charge in [-0.3, -0.25) is 4.79 Å². The van der Waals surface area contributed by atoms with Crippen molar-refractivity contribution >= 4 is 60.5 Å². The molecule has 42 heavy (non-hydrogen) atoms. The molecule has 0 unspecified atom stereocenters. The van der Waals surface area contributed by atoms with Crippen molar-refractivity contribution < 1.29 is 17.8 Å². The summed E-state index contributed by atoms with van der Waals surface area (Å²) < 4.78 is 25.8. The van der Waals surface area contributed by atoms with Crippen LogP contribution in [0.15, 0.2) is 140 Å². The molecule has 0 atom stereocenters. The van der Waals surface area contributed by atoms with E-state index in [1.165, 1.54) is 0 Å². The third kappa shape index (κ3) is 3.34. The molecule has 4 nitrogen and oxygen atoms in total. The molecule has 0 amide bonds. The summed E-state index contributed by atoms with van der Waals surface area (Å²) in [5.74, 6) is -0.127. The Labute approximate surface area is 242 Å². The van der Waals surface area contributed by atoms with Crippen LogP contribution in [0, 0.1) is 0 Å². The lowest BCUT2D eigenvalue weighted by atomic mass is 9.94. The van der Waals surface area contributed by atoms with Crippen LogP contribution in [0.5, 0.6) is 0 Å². The molecule has 1 aliphatic heterocycles. The first-order valence-electron chi connectivity index (χ1n) is 13.7. The maximum absolute atomic E-state index is 13.9. The number of hydrogen-bond donors (Lipinski definition) is 0. The smallest absolute Gasteiger partial charge is 0.195 e. The largest absolute Gasteiger partial charge is 0.456 e. The summed E-state index contributed by atoms with van der Waals surface area (Å²) in [5, 5.41) is 4.24. The Kier molecular flexibility index (Phi) is 4.81. The Bertz CT molecular complexity index is 2290. The molecule has 0 spiro atoms. The highest BCUT2D eigenvalue weighted by Crippen LogP contribution is 2.39. The van der Waals surface area contributed by atoms with Crippen molar-refractivity contribution in [2.24, 2.45) is 0 Å². The third-order valence-electron chi connectivity index (χ3n) is 8.27. The van der Waals surface area contributed by atoms with Crippen LogP contribution in [-0.2, 0) is 10.8 Å². The fourth-order valence-corrected chi connectivity index (χ4v) is 7.49. The van der Waals surface area contributed by atoms with Crippen LogP contribution >= 0.6 is 0 Å². The second-order valence-corrected chi connectivity index (χ2v) is 12.1. The second kappa shape index (κ2) is 8.62. The number of ketones is 1. The van der Waals surface area contributed by atoms with Crippen LogP contribution in [0.2, 0.25) is 0 Å². The first-order valence-corrected chi connectivity index (χ1v) is 14.9. The van der Waals surface area contributed by atoms with Crippen molar-refractivity contribution in [3.05, 3.63) is 132 Å². The molecule has 0 saturated heterocycles. The van der Waals surface area contributed by atoms with Crippen molar-refractivity contribution in [3.63, 3.8) is 0 Å². The fourth-order valence-electron chi connectivity index (χ4n) is 6.17. The molecule has 1 aliphatic rings. The van der Waals surface area contributed by atoms with Gasteiger partial charge in [0.15, 0.2) is 5.78 Å². The minimum atomic E-state index is -1.46. The Morgan fingerprint density at radius 3 is 1.33 bits per heavy atom. The van der Waals surface area contributed by atoms with Crippen LogP contribution in [-0.4, -0.2) is 9.99 Å². The number of carbonyl (C=O) groups is 1. The van der Waals surface area contributed by atoms with E-state index in [1.807, 2.05) is 109 Å². The molecule has 0 aliphatic carbocycles. The molecule has 9 rings (SSSR count). The van der Waals surface area contributed by atoms with Crippen LogP contribution in [0.1, 0.15) is 15.9 Å². The molecule has 0 radical (unpaired) electrons. The van der Waals surface area contributed by atoms with Gasteiger partial charge in [0, 0.05) is 32.7 Å². The molecule has 0 fully saturated rings. The monoisotopic (exact) mass is 560 g/mol. The summed E-state index contributed by atoms with van der Waals surface area (Å²) in [5.41, 5.74) is 7.80. The molecule has 0 bridgehead atoms. The van der Waals surface area contributed by atoms with Gasteiger partial charge < -0.3 is 8.83 Å². The molecule has 8 aromatic rings. The van der Waals surface area contributed by atoms with Crippen LogP contribution in [0.3, 0.4) is 0 Å². The van der Waals surface area contributed by atoms with E-state index in [4.69, 9.17) is 8.83 Å². The Balaban J connectivity index is 1.12. The number of para-hydroxylation sites is 2. The summed E-state index contributed by atoms with van der Waals surface area (Å²) in [6.07, 6.45) is 0. The van der Waals surface area contributed by atoms with Crippen molar-refractivity contribution in [1.29, 1.82) is 0 Å². The van der Waals surface area contributed by atoms with Gasteiger partial charge in [-0.25, -0.2) is 4.21 Å². The van der Waals surface area contributed by atoms with Gasteiger partial charge in [-0.15, -0.1) is 0 Å². The van der Waals surface area contributed by atoms with E-state index in [2.05, 4.69) is 12.1 Å². The molecule has 198 valence electrons. The molecule has 0 N–H and O–H groups in total. The lowest BCUT2D eigenvalue weighted by molar-refractivity contribution is 0.103. The molecule has 6 aromatic carbocycles. The second-order valence-electron chi connectivity index (χ2n) is 10.6. The van der Waals surface area contributed by atoms with Crippen LogP contribution < -0.4 is 0 Å². The third-order valence-corrected chi connectivity index (χ3v) is 9.78. The van der Waals surface area contributed by atoms with Crippen molar-refractivity contribution in [3.8, 4) is 22.3 Å². The van der Waals surface area contributed by atoms with Crippen molar-refractivity contribution in [2.75, 3.05) is 0 Å². The zero-order valence-corrected chi connectivity index (χ0v) is 22.9. The highest BCUT2D eigenvalue weighted by Gasteiger charge is 2.30. The average molecular weight is 561 g/mol.